The van der Waals surface area contributed by atoms with Gasteiger partial charge < -0.3 is 19.6 Å². The lowest BCUT2D eigenvalue weighted by atomic mass is 10.1. The summed E-state index contributed by atoms with van der Waals surface area (Å²) in [5.41, 5.74) is 0. The van der Waals surface area contributed by atoms with Crippen LogP contribution in [0.3, 0.4) is 0 Å². The molecule has 0 N–H and O–H groups in total. The molecule has 0 radical (unpaired) electrons. The summed E-state index contributed by atoms with van der Waals surface area (Å²) in [5, 5.41) is 0. The number of rotatable bonds is 58. The van der Waals surface area contributed by atoms with Gasteiger partial charge >= 0.3 is 0 Å². The number of nitrogens with zero attached hydrogens (tertiary/aromatic N) is 16. The minimum Gasteiger partial charge on any atom is -0.323 e. The molecule has 0 aromatic carbocycles. The topological polar surface area (TPSA) is 168 Å². The molecule has 16 heteroatoms. The smallest absolute Gasteiger partial charge is 0.231 e. The number of aryl methyl sites for hydroxylation is 8. The van der Waals surface area contributed by atoms with Crippen molar-refractivity contribution in [2.45, 2.75) is 365 Å². The second kappa shape index (κ2) is 49.9. The third-order valence-electron chi connectivity index (χ3n) is 17.2. The Morgan fingerprint density at radius 3 is 0.798 bits per heavy atom. The largest absolute Gasteiger partial charge is 0.323 e. The maximum atomic E-state index is 5.55. The number of anilines is 4. The van der Waals surface area contributed by atoms with E-state index in [0.717, 1.165) is 200 Å². The van der Waals surface area contributed by atoms with Gasteiger partial charge in [-0.3, -0.25) is 0 Å². The third-order valence-corrected chi connectivity index (χ3v) is 17.2. The van der Waals surface area contributed by atoms with Crippen LogP contribution in [0.25, 0.3) is 0 Å². The number of hydrogen-bond donors (Lipinski definition) is 0. The van der Waals surface area contributed by atoms with Crippen LogP contribution in [0.1, 0.15) is 359 Å². The predicted octanol–water partition coefficient (Wildman–Crippen LogP) is 19.1. The molecule has 0 amide bonds. The summed E-state index contributed by atoms with van der Waals surface area (Å²) in [7, 11) is 0. The lowest BCUT2D eigenvalue weighted by Crippen LogP contribution is -2.50. The fraction of sp³-hybridized carbons (Fsp3) is 0.836. The first-order chi connectivity index (χ1) is 43.7. The van der Waals surface area contributed by atoms with E-state index in [0.29, 0.717) is 37.9 Å². The highest BCUT2D eigenvalue weighted by Gasteiger charge is 2.27. The summed E-state index contributed by atoms with van der Waals surface area (Å²) < 4.78 is 0. The van der Waals surface area contributed by atoms with Crippen molar-refractivity contribution in [2.75, 3.05) is 52.7 Å². The van der Waals surface area contributed by atoms with Gasteiger partial charge in [-0.2, -0.15) is 39.9 Å². The van der Waals surface area contributed by atoms with Gasteiger partial charge in [0.1, 0.15) is 46.6 Å². The molecule has 0 saturated heterocycles. The van der Waals surface area contributed by atoms with Gasteiger partial charge in [-0.05, 0) is 58.3 Å². The Kier molecular flexibility index (Phi) is 43.0. The quantitative estimate of drug-likeness (QED) is 0.0302. The first-order valence-electron chi connectivity index (χ1n) is 37.6. The molecule has 4 rings (SSSR count). The molecule has 504 valence electrons. The molecule has 0 aliphatic carbocycles. The minimum atomic E-state index is 0.378. The summed E-state index contributed by atoms with van der Waals surface area (Å²) >= 11 is 0. The van der Waals surface area contributed by atoms with Crippen LogP contribution in [0, 0.1) is 6.92 Å². The molecule has 0 aliphatic rings. The summed E-state index contributed by atoms with van der Waals surface area (Å²) in [6, 6.07) is 0. The Morgan fingerprint density at radius 1 is 0.202 bits per heavy atom. The molecular weight excluding hydrogens is 1100 g/mol. The molecule has 0 atom stereocenters. The van der Waals surface area contributed by atoms with E-state index in [4.69, 9.17) is 59.8 Å². The van der Waals surface area contributed by atoms with Crippen LogP contribution in [-0.2, 0) is 44.9 Å². The van der Waals surface area contributed by atoms with E-state index >= 15 is 0 Å². The average molecular weight is 1230 g/mol. The van der Waals surface area contributed by atoms with Crippen LogP contribution in [0.5, 0.6) is 0 Å². The second-order valence-electron chi connectivity index (χ2n) is 25.8. The Labute approximate surface area is 545 Å². The zero-order valence-corrected chi connectivity index (χ0v) is 59.2. The van der Waals surface area contributed by atoms with Crippen LogP contribution >= 0.6 is 0 Å². The van der Waals surface area contributed by atoms with Crippen LogP contribution in [-0.4, -0.2) is 92.9 Å². The standard InChI is InChI=1S/C73H132N16/c1-11-20-27-32-35-36-37-38-40-44-50-58-87(71-81-67(55-47-41-30-23-14-4)78-68(82-71)56-48-42-34-29-22-13-3)60-89(73-84-66(53-45-25-16-6)77-69(85-73)54-46-31-24-15-5)61-88(72-80-64(51-18-8)76-65(83-72)52-26-17-7)59-86(57-49-43-39-33-28-21-12-2)70-75-62(10)74-63(19-9)79-70/h11-61H2,1-10H3. The van der Waals surface area contributed by atoms with E-state index in [-0.39, 0.29) is 0 Å². The Balaban J connectivity index is 2.00. The highest BCUT2D eigenvalue weighted by molar-refractivity contribution is 5.43. The Hall–Kier alpha value is -4.76. The van der Waals surface area contributed by atoms with Crippen molar-refractivity contribution in [3.63, 3.8) is 0 Å². The lowest BCUT2D eigenvalue weighted by molar-refractivity contribution is 0.542. The monoisotopic (exact) mass is 1230 g/mol. The summed E-state index contributed by atoms with van der Waals surface area (Å²) in [5.74, 6) is 9.60. The highest BCUT2D eigenvalue weighted by Crippen LogP contribution is 2.24. The van der Waals surface area contributed by atoms with Crippen molar-refractivity contribution in [2.24, 2.45) is 0 Å². The predicted molar refractivity (Wildman–Crippen MR) is 375 cm³/mol. The first-order valence-corrected chi connectivity index (χ1v) is 37.6. The number of aromatic nitrogens is 12. The third kappa shape index (κ3) is 33.4. The Morgan fingerprint density at radius 2 is 0.449 bits per heavy atom. The van der Waals surface area contributed by atoms with Crippen LogP contribution in [0.15, 0.2) is 0 Å². The summed E-state index contributed by atoms with van der Waals surface area (Å²) in [6.45, 7) is 25.2. The van der Waals surface area contributed by atoms with Crippen molar-refractivity contribution >= 4 is 23.8 Å². The van der Waals surface area contributed by atoms with Gasteiger partial charge in [0.2, 0.25) is 23.8 Å². The van der Waals surface area contributed by atoms with Crippen LogP contribution in [0.4, 0.5) is 23.8 Å². The van der Waals surface area contributed by atoms with E-state index in [1.54, 1.807) is 0 Å². The van der Waals surface area contributed by atoms with Crippen LogP contribution in [0.2, 0.25) is 0 Å². The van der Waals surface area contributed by atoms with Gasteiger partial charge in [-0.15, -0.1) is 0 Å². The molecule has 0 fully saturated rings. The van der Waals surface area contributed by atoms with Gasteiger partial charge in [-0.1, -0.05) is 261 Å². The first kappa shape index (κ1) is 76.7. The number of hydrogen-bond acceptors (Lipinski definition) is 16. The van der Waals surface area contributed by atoms with E-state index in [1.165, 1.54) is 161 Å². The zero-order chi connectivity index (χ0) is 63.8. The molecule has 0 bridgehead atoms. The fourth-order valence-electron chi connectivity index (χ4n) is 11.7. The molecular formula is C73H132N16. The van der Waals surface area contributed by atoms with Gasteiger partial charge in [0.25, 0.3) is 0 Å². The molecule has 4 aromatic heterocycles. The van der Waals surface area contributed by atoms with Crippen LogP contribution < -0.4 is 19.6 Å². The molecule has 4 aromatic rings. The molecule has 0 aliphatic heterocycles. The lowest BCUT2D eigenvalue weighted by Gasteiger charge is -2.37. The van der Waals surface area contributed by atoms with Crippen molar-refractivity contribution in [3.8, 4) is 0 Å². The van der Waals surface area contributed by atoms with E-state index in [1.807, 2.05) is 6.92 Å². The van der Waals surface area contributed by atoms with Gasteiger partial charge in [-0.25, -0.2) is 19.9 Å². The van der Waals surface area contributed by atoms with Crippen molar-refractivity contribution in [1.29, 1.82) is 0 Å². The second-order valence-corrected chi connectivity index (χ2v) is 25.8. The van der Waals surface area contributed by atoms with E-state index < -0.39 is 0 Å². The fourth-order valence-corrected chi connectivity index (χ4v) is 11.7. The molecule has 16 nitrogen and oxygen atoms in total. The molecule has 89 heavy (non-hydrogen) atoms. The molecule has 0 saturated carbocycles. The molecule has 4 heterocycles. The summed E-state index contributed by atoms with van der Waals surface area (Å²) in [6.07, 6.45) is 52.4. The number of unbranched alkanes of at least 4 members (excludes halogenated alkanes) is 31. The molecule has 0 spiro atoms. The van der Waals surface area contributed by atoms with Gasteiger partial charge in [0, 0.05) is 58.0 Å². The van der Waals surface area contributed by atoms with Gasteiger partial charge in [0.15, 0.2) is 0 Å². The highest BCUT2D eigenvalue weighted by atomic mass is 15.5. The van der Waals surface area contributed by atoms with Gasteiger partial charge in [0.05, 0.1) is 20.0 Å². The zero-order valence-electron chi connectivity index (χ0n) is 59.2. The average Bonchev–Trinajstić information content (AvgIpc) is 1.46. The minimum absolute atomic E-state index is 0.378. The van der Waals surface area contributed by atoms with E-state index in [2.05, 4.69) is 81.9 Å². The SMILES string of the molecule is CCCCCCCCCCCCCN(CN(CN(CN(CCCCCCCCC)c1nc(C)nc(CC)n1)c1nc(CCC)nc(CCCC)n1)c1nc(CCCCC)nc(CCCCCC)n1)c1nc(CCCCCCC)nc(CCCCCCCC)n1. The maximum Gasteiger partial charge on any atom is 0.231 e. The normalized spacial score (nSPS) is 11.5. The van der Waals surface area contributed by atoms with E-state index in [9.17, 15) is 0 Å². The summed E-state index contributed by atoms with van der Waals surface area (Å²) in [4.78, 5) is 73.3. The molecule has 0 unspecified atom stereocenters. The van der Waals surface area contributed by atoms with Crippen molar-refractivity contribution < 1.29 is 0 Å². The Bertz CT molecular complexity index is 2370. The van der Waals surface area contributed by atoms with Crippen molar-refractivity contribution in [3.05, 3.63) is 46.6 Å². The van der Waals surface area contributed by atoms with Crippen molar-refractivity contribution in [1.82, 2.24) is 59.8 Å². The maximum absolute atomic E-state index is 5.55.